The van der Waals surface area contributed by atoms with E-state index < -0.39 is 16.1 Å². The van der Waals surface area contributed by atoms with Crippen molar-refractivity contribution >= 4 is 38.7 Å². The molecule has 1 aliphatic heterocycles. The Balaban J connectivity index is 2.00. The van der Waals surface area contributed by atoms with Crippen molar-refractivity contribution in [1.29, 1.82) is 0 Å². The molecule has 0 amide bonds. The zero-order valence-corrected chi connectivity index (χ0v) is 12.9. The number of nitrogens with zero attached hydrogens (tertiary/aromatic N) is 2. The molecule has 0 aromatic carbocycles. The summed E-state index contributed by atoms with van der Waals surface area (Å²) in [5, 5.41) is 8.34. The highest BCUT2D eigenvalue weighted by Crippen LogP contribution is 2.36. The second-order valence-corrected chi connectivity index (χ2v) is 7.45. The van der Waals surface area contributed by atoms with E-state index >= 15 is 0 Å². The van der Waals surface area contributed by atoms with Crippen molar-refractivity contribution < 1.29 is 12.8 Å². The summed E-state index contributed by atoms with van der Waals surface area (Å²) in [5.74, 6) is 0.495. The average Bonchev–Trinajstić information content (AvgIpc) is 3.06. The summed E-state index contributed by atoms with van der Waals surface area (Å²) in [6.07, 6.45) is 1.60. The number of rotatable bonds is 3. The molecule has 0 saturated carbocycles. The van der Waals surface area contributed by atoms with Crippen LogP contribution >= 0.6 is 22.9 Å². The maximum absolute atomic E-state index is 11.9. The van der Waals surface area contributed by atoms with Crippen molar-refractivity contribution in [3.63, 3.8) is 0 Å². The maximum atomic E-state index is 11.9. The first-order valence-corrected chi connectivity index (χ1v) is 8.97. The molecule has 0 bridgehead atoms. The second-order valence-electron chi connectivity index (χ2n) is 4.46. The lowest BCUT2D eigenvalue weighted by Crippen LogP contribution is -2.25. The molecule has 0 radical (unpaired) electrons. The van der Waals surface area contributed by atoms with Crippen LogP contribution in [0.4, 0.5) is 0 Å². The van der Waals surface area contributed by atoms with Crippen LogP contribution in [0.25, 0.3) is 0 Å². The normalized spacial score (nSPS) is 19.4. The molecule has 3 heterocycles. The first-order valence-electron chi connectivity index (χ1n) is 5.80. The van der Waals surface area contributed by atoms with E-state index in [2.05, 4.69) is 5.10 Å². The number of thiophene rings is 1. The van der Waals surface area contributed by atoms with Crippen LogP contribution in [0.5, 0.6) is 0 Å². The van der Waals surface area contributed by atoms with E-state index in [-0.39, 0.29) is 5.22 Å². The molecule has 5 nitrogen and oxygen atoms in total. The molecule has 1 atom stereocenters. The van der Waals surface area contributed by atoms with Crippen molar-refractivity contribution in [3.05, 3.63) is 45.5 Å². The fourth-order valence-corrected chi connectivity index (χ4v) is 3.82. The van der Waals surface area contributed by atoms with Crippen LogP contribution in [0, 0.1) is 0 Å². The van der Waals surface area contributed by atoms with E-state index in [1.165, 1.54) is 0 Å². The Hall–Kier alpha value is -1.31. The number of hydrazone groups is 1. The molecule has 20 heavy (non-hydrogen) atoms. The van der Waals surface area contributed by atoms with Gasteiger partial charge in [0.25, 0.3) is 0 Å². The van der Waals surface area contributed by atoms with Crippen LogP contribution in [-0.4, -0.2) is 24.8 Å². The maximum Gasteiger partial charge on any atom is 0.247 e. The number of sulfonamides is 1. The number of hydrogen-bond acceptors (Lipinski definition) is 5. The third-order valence-corrected chi connectivity index (χ3v) is 4.89. The van der Waals surface area contributed by atoms with Gasteiger partial charge in [0, 0.05) is 12.0 Å². The van der Waals surface area contributed by atoms with Crippen molar-refractivity contribution in [1.82, 2.24) is 4.41 Å². The van der Waals surface area contributed by atoms with E-state index in [0.717, 1.165) is 21.9 Å². The topological polar surface area (TPSA) is 62.9 Å². The van der Waals surface area contributed by atoms with Crippen LogP contribution in [0.1, 0.15) is 23.8 Å². The Morgan fingerprint density at radius 3 is 2.80 bits per heavy atom. The van der Waals surface area contributed by atoms with Gasteiger partial charge in [-0.25, -0.2) is 8.42 Å². The fourth-order valence-electron chi connectivity index (χ4n) is 2.12. The van der Waals surface area contributed by atoms with Crippen LogP contribution in [0.2, 0.25) is 5.22 Å². The highest BCUT2D eigenvalue weighted by atomic mass is 35.5. The van der Waals surface area contributed by atoms with Gasteiger partial charge in [-0.1, -0.05) is 0 Å². The SMILES string of the molecule is CS(=O)(=O)N1N=C(c2ccsc2)C[C@H]1c1ccc(Cl)o1. The zero-order chi connectivity index (χ0) is 14.3. The Morgan fingerprint density at radius 1 is 1.45 bits per heavy atom. The predicted molar refractivity (Wildman–Crippen MR) is 78.6 cm³/mol. The van der Waals surface area contributed by atoms with Crippen molar-refractivity contribution in [2.45, 2.75) is 12.5 Å². The first-order chi connectivity index (χ1) is 9.45. The second kappa shape index (κ2) is 4.91. The van der Waals surface area contributed by atoms with Crippen LogP contribution < -0.4 is 0 Å². The lowest BCUT2D eigenvalue weighted by Gasteiger charge is -2.18. The summed E-state index contributed by atoms with van der Waals surface area (Å²) in [7, 11) is -3.47. The van der Waals surface area contributed by atoms with E-state index in [4.69, 9.17) is 16.0 Å². The monoisotopic (exact) mass is 330 g/mol. The standard InChI is InChI=1S/C12H11ClN2O3S2/c1-20(16,17)15-10(11-2-3-12(13)18-11)6-9(14-15)8-4-5-19-7-8/h2-5,7,10H,6H2,1H3/t10-/m0/s1. The highest BCUT2D eigenvalue weighted by Gasteiger charge is 2.36. The smallest absolute Gasteiger partial charge is 0.247 e. The molecule has 0 unspecified atom stereocenters. The van der Waals surface area contributed by atoms with Crippen LogP contribution in [0.3, 0.4) is 0 Å². The lowest BCUT2D eigenvalue weighted by atomic mass is 10.1. The van der Waals surface area contributed by atoms with Gasteiger partial charge < -0.3 is 4.42 Å². The first kappa shape index (κ1) is 13.7. The zero-order valence-electron chi connectivity index (χ0n) is 10.5. The van der Waals surface area contributed by atoms with Gasteiger partial charge in [-0.05, 0) is 40.6 Å². The van der Waals surface area contributed by atoms with Crippen LogP contribution in [0.15, 0.2) is 38.5 Å². The van der Waals surface area contributed by atoms with E-state index in [1.54, 1.807) is 23.5 Å². The summed E-state index contributed by atoms with van der Waals surface area (Å²) in [6, 6.07) is 4.71. The molecule has 0 aliphatic carbocycles. The van der Waals surface area contributed by atoms with Crippen molar-refractivity contribution in [2.75, 3.05) is 6.26 Å². The number of furan rings is 1. The van der Waals surface area contributed by atoms with Gasteiger partial charge in [-0.2, -0.15) is 20.9 Å². The van der Waals surface area contributed by atoms with Gasteiger partial charge in [-0.3, -0.25) is 0 Å². The summed E-state index contributed by atoms with van der Waals surface area (Å²) < 4.78 is 30.2. The van der Waals surface area contributed by atoms with Gasteiger partial charge in [0.1, 0.15) is 11.8 Å². The Morgan fingerprint density at radius 2 is 2.25 bits per heavy atom. The van der Waals surface area contributed by atoms with Gasteiger partial charge >= 0.3 is 0 Å². The quantitative estimate of drug-likeness (QED) is 0.868. The third-order valence-electron chi connectivity index (χ3n) is 2.99. The number of halogens is 1. The molecule has 0 saturated heterocycles. The van der Waals surface area contributed by atoms with Crippen molar-refractivity contribution in [2.24, 2.45) is 5.10 Å². The molecule has 8 heteroatoms. The molecule has 0 N–H and O–H groups in total. The Bertz CT molecular complexity index is 750. The minimum Gasteiger partial charge on any atom is -0.447 e. The average molecular weight is 331 g/mol. The molecule has 3 rings (SSSR count). The molecule has 2 aromatic heterocycles. The Labute approximate surface area is 125 Å². The summed E-state index contributed by atoms with van der Waals surface area (Å²) >= 11 is 7.31. The van der Waals surface area contributed by atoms with E-state index in [1.807, 2.05) is 16.8 Å². The molecule has 106 valence electrons. The lowest BCUT2D eigenvalue weighted by molar-refractivity contribution is 0.322. The minimum atomic E-state index is -3.47. The molecule has 1 aliphatic rings. The highest BCUT2D eigenvalue weighted by molar-refractivity contribution is 7.88. The molecule has 2 aromatic rings. The van der Waals surface area contributed by atoms with Gasteiger partial charge in [0.15, 0.2) is 5.22 Å². The molecular formula is C12H11ClN2O3S2. The van der Waals surface area contributed by atoms with Crippen LogP contribution in [-0.2, 0) is 10.0 Å². The summed E-state index contributed by atoms with van der Waals surface area (Å²) in [4.78, 5) is 0. The van der Waals surface area contributed by atoms with Gasteiger partial charge in [-0.15, -0.1) is 0 Å². The molecule has 0 spiro atoms. The Kier molecular flexibility index (Phi) is 3.35. The van der Waals surface area contributed by atoms with Crippen molar-refractivity contribution in [3.8, 4) is 0 Å². The van der Waals surface area contributed by atoms with Gasteiger partial charge in [0.05, 0.1) is 12.0 Å². The van der Waals surface area contributed by atoms with E-state index in [9.17, 15) is 8.42 Å². The molecule has 0 fully saturated rings. The summed E-state index contributed by atoms with van der Waals surface area (Å²) in [5.41, 5.74) is 1.66. The summed E-state index contributed by atoms with van der Waals surface area (Å²) in [6.45, 7) is 0. The predicted octanol–water partition coefficient (Wildman–Crippen LogP) is 3.11. The largest absolute Gasteiger partial charge is 0.447 e. The minimum absolute atomic E-state index is 0.234. The third kappa shape index (κ3) is 2.48. The number of hydrogen-bond donors (Lipinski definition) is 0. The van der Waals surface area contributed by atoms with Gasteiger partial charge in [0.2, 0.25) is 10.0 Å². The molecular weight excluding hydrogens is 320 g/mol. The van der Waals surface area contributed by atoms with E-state index in [0.29, 0.717) is 12.2 Å². The fraction of sp³-hybridized carbons (Fsp3) is 0.250.